The van der Waals surface area contributed by atoms with Crippen molar-refractivity contribution in [2.24, 2.45) is 0 Å². The maximum absolute atomic E-state index is 12.4. The van der Waals surface area contributed by atoms with Gasteiger partial charge >= 0.3 is 0 Å². The monoisotopic (exact) mass is 287 g/mol. The summed E-state index contributed by atoms with van der Waals surface area (Å²) in [4.78, 5) is 12.4. The number of aryl methyl sites for hydroxylation is 3. The van der Waals surface area contributed by atoms with E-state index in [2.05, 4.69) is 10.4 Å². The minimum Gasteiger partial charge on any atom is -0.476 e. The maximum atomic E-state index is 12.4. The Morgan fingerprint density at radius 1 is 1.29 bits per heavy atom. The van der Waals surface area contributed by atoms with Crippen LogP contribution < -0.4 is 10.1 Å². The van der Waals surface area contributed by atoms with Gasteiger partial charge in [-0.2, -0.15) is 0 Å². The predicted octanol–water partition coefficient (Wildman–Crippen LogP) is 3.17. The molecule has 1 aromatic heterocycles. The van der Waals surface area contributed by atoms with Gasteiger partial charge in [0.05, 0.1) is 6.61 Å². The van der Waals surface area contributed by atoms with E-state index >= 15 is 0 Å². The quantitative estimate of drug-likeness (QED) is 0.919. The summed E-state index contributed by atoms with van der Waals surface area (Å²) < 4.78 is 7.12. The summed E-state index contributed by atoms with van der Waals surface area (Å²) in [5.41, 5.74) is 3.57. The average molecular weight is 287 g/mol. The van der Waals surface area contributed by atoms with Crippen LogP contribution in [0.15, 0.2) is 24.4 Å². The molecule has 0 unspecified atom stereocenters. The van der Waals surface area contributed by atoms with E-state index in [4.69, 9.17) is 4.74 Å². The van der Waals surface area contributed by atoms with Crippen molar-refractivity contribution in [3.05, 3.63) is 41.1 Å². The van der Waals surface area contributed by atoms with Crippen molar-refractivity contribution in [2.75, 3.05) is 11.9 Å². The molecule has 0 atom stereocenters. The van der Waals surface area contributed by atoms with Crippen molar-refractivity contribution in [2.45, 2.75) is 34.2 Å². The van der Waals surface area contributed by atoms with E-state index in [9.17, 15) is 4.79 Å². The Balaban J connectivity index is 2.22. The van der Waals surface area contributed by atoms with Gasteiger partial charge in [-0.05, 0) is 51.0 Å². The Morgan fingerprint density at radius 2 is 2.05 bits per heavy atom. The lowest BCUT2D eigenvalue weighted by molar-refractivity contribution is 0.102. The summed E-state index contributed by atoms with van der Waals surface area (Å²) in [7, 11) is 0. The molecule has 2 aromatic rings. The number of ether oxygens (including phenoxy) is 1. The number of carbonyl (C=O) groups is 1. The highest BCUT2D eigenvalue weighted by molar-refractivity contribution is 6.05. The van der Waals surface area contributed by atoms with Crippen LogP contribution in [-0.4, -0.2) is 22.3 Å². The molecule has 0 spiro atoms. The fourth-order valence-electron chi connectivity index (χ4n) is 1.98. The number of benzene rings is 1. The minimum absolute atomic E-state index is 0.207. The van der Waals surface area contributed by atoms with E-state index in [1.807, 2.05) is 45.9 Å². The number of carbonyl (C=O) groups excluding carboxylic acids is 1. The van der Waals surface area contributed by atoms with Crippen LogP contribution in [0.25, 0.3) is 0 Å². The summed E-state index contributed by atoms with van der Waals surface area (Å²) in [6, 6.07) is 5.84. The maximum Gasteiger partial charge on any atom is 0.262 e. The molecule has 21 heavy (non-hydrogen) atoms. The van der Waals surface area contributed by atoms with Crippen LogP contribution >= 0.6 is 0 Å². The van der Waals surface area contributed by atoms with Gasteiger partial charge in [0.25, 0.3) is 5.91 Å². The zero-order valence-corrected chi connectivity index (χ0v) is 12.9. The number of hydrogen-bond acceptors (Lipinski definition) is 3. The normalized spacial score (nSPS) is 10.5. The highest BCUT2D eigenvalue weighted by atomic mass is 16.5. The Labute approximate surface area is 124 Å². The second-order valence-electron chi connectivity index (χ2n) is 4.89. The first-order valence-corrected chi connectivity index (χ1v) is 7.14. The van der Waals surface area contributed by atoms with Crippen LogP contribution in [0.4, 0.5) is 5.69 Å². The van der Waals surface area contributed by atoms with Crippen LogP contribution in [0.2, 0.25) is 0 Å². The average Bonchev–Trinajstić information content (AvgIpc) is 2.87. The summed E-state index contributed by atoms with van der Waals surface area (Å²) in [5, 5.41) is 7.14. The van der Waals surface area contributed by atoms with Gasteiger partial charge in [0.1, 0.15) is 5.56 Å². The van der Waals surface area contributed by atoms with E-state index < -0.39 is 0 Å². The molecule has 0 bridgehead atoms. The first-order chi connectivity index (χ1) is 10.0. The molecule has 0 aliphatic carbocycles. The Morgan fingerprint density at radius 3 is 2.67 bits per heavy atom. The largest absolute Gasteiger partial charge is 0.476 e. The number of rotatable bonds is 5. The fourth-order valence-corrected chi connectivity index (χ4v) is 1.98. The molecule has 0 radical (unpaired) electrons. The van der Waals surface area contributed by atoms with Crippen molar-refractivity contribution in [1.82, 2.24) is 9.78 Å². The number of anilines is 1. The highest BCUT2D eigenvalue weighted by Gasteiger charge is 2.17. The Bertz CT molecular complexity index is 647. The van der Waals surface area contributed by atoms with Crippen LogP contribution in [0.1, 0.15) is 35.3 Å². The molecule has 1 amide bonds. The Kier molecular flexibility index (Phi) is 4.62. The van der Waals surface area contributed by atoms with E-state index in [1.165, 1.54) is 5.56 Å². The number of hydrogen-bond donors (Lipinski definition) is 1. The number of nitrogens with zero attached hydrogens (tertiary/aromatic N) is 2. The van der Waals surface area contributed by atoms with Crippen molar-refractivity contribution < 1.29 is 9.53 Å². The molecule has 0 fully saturated rings. The lowest BCUT2D eigenvalue weighted by atomic mass is 10.1. The molecular weight excluding hydrogens is 266 g/mol. The molecule has 1 heterocycles. The standard InChI is InChI=1S/C16H21N3O2/c1-5-19-10-14(16(18-19)21-6-2)15(20)17-13-8-7-11(3)12(4)9-13/h7-10H,5-6H2,1-4H3,(H,17,20). The fraction of sp³-hybridized carbons (Fsp3) is 0.375. The van der Waals surface area contributed by atoms with Gasteiger partial charge in [-0.15, -0.1) is 5.10 Å². The van der Waals surface area contributed by atoms with Gasteiger partial charge in [0, 0.05) is 18.4 Å². The van der Waals surface area contributed by atoms with Crippen molar-refractivity contribution >= 4 is 11.6 Å². The van der Waals surface area contributed by atoms with E-state index in [-0.39, 0.29) is 5.91 Å². The molecule has 5 nitrogen and oxygen atoms in total. The molecule has 2 rings (SSSR count). The SMILES string of the molecule is CCOc1nn(CC)cc1C(=O)Nc1ccc(C)c(C)c1. The second kappa shape index (κ2) is 6.43. The molecule has 5 heteroatoms. The van der Waals surface area contributed by atoms with Gasteiger partial charge in [0.2, 0.25) is 5.88 Å². The van der Waals surface area contributed by atoms with Gasteiger partial charge in [0.15, 0.2) is 0 Å². The molecule has 0 saturated carbocycles. The molecule has 0 saturated heterocycles. The third-order valence-corrected chi connectivity index (χ3v) is 3.34. The van der Waals surface area contributed by atoms with Crippen molar-refractivity contribution in [3.8, 4) is 5.88 Å². The van der Waals surface area contributed by atoms with Gasteiger partial charge in [-0.25, -0.2) is 0 Å². The second-order valence-corrected chi connectivity index (χ2v) is 4.89. The van der Waals surface area contributed by atoms with E-state index in [0.717, 1.165) is 11.3 Å². The number of nitrogens with one attached hydrogen (secondary N) is 1. The van der Waals surface area contributed by atoms with Crippen molar-refractivity contribution in [3.63, 3.8) is 0 Å². The number of aromatic nitrogens is 2. The summed E-state index contributed by atoms with van der Waals surface area (Å²) >= 11 is 0. The molecule has 1 N–H and O–H groups in total. The topological polar surface area (TPSA) is 56.2 Å². The van der Waals surface area contributed by atoms with E-state index in [1.54, 1.807) is 10.9 Å². The zero-order chi connectivity index (χ0) is 15.4. The first kappa shape index (κ1) is 15.1. The Hall–Kier alpha value is -2.30. The van der Waals surface area contributed by atoms with Gasteiger partial charge < -0.3 is 10.1 Å². The lowest BCUT2D eigenvalue weighted by Gasteiger charge is -2.07. The minimum atomic E-state index is -0.207. The molecular formula is C16H21N3O2. The number of amides is 1. The van der Waals surface area contributed by atoms with Crippen LogP contribution in [0.5, 0.6) is 5.88 Å². The summed E-state index contributed by atoms with van der Waals surface area (Å²) in [5.74, 6) is 0.169. The predicted molar refractivity (Wildman–Crippen MR) is 82.9 cm³/mol. The van der Waals surface area contributed by atoms with Crippen LogP contribution in [0, 0.1) is 13.8 Å². The van der Waals surface area contributed by atoms with Crippen LogP contribution in [-0.2, 0) is 6.54 Å². The van der Waals surface area contributed by atoms with E-state index in [0.29, 0.717) is 24.6 Å². The third-order valence-electron chi connectivity index (χ3n) is 3.34. The summed E-state index contributed by atoms with van der Waals surface area (Å²) in [6.07, 6.45) is 1.71. The van der Waals surface area contributed by atoms with Gasteiger partial charge in [-0.3, -0.25) is 9.48 Å². The molecule has 0 aliphatic rings. The first-order valence-electron chi connectivity index (χ1n) is 7.14. The molecule has 1 aromatic carbocycles. The smallest absolute Gasteiger partial charge is 0.262 e. The summed E-state index contributed by atoms with van der Waals surface area (Å²) in [6.45, 7) is 9.07. The molecule has 112 valence electrons. The third kappa shape index (κ3) is 3.42. The van der Waals surface area contributed by atoms with Gasteiger partial charge in [-0.1, -0.05) is 6.07 Å². The van der Waals surface area contributed by atoms with Crippen LogP contribution in [0.3, 0.4) is 0 Å². The highest BCUT2D eigenvalue weighted by Crippen LogP contribution is 2.20. The molecule has 0 aliphatic heterocycles. The van der Waals surface area contributed by atoms with Crippen molar-refractivity contribution in [1.29, 1.82) is 0 Å². The lowest BCUT2D eigenvalue weighted by Crippen LogP contribution is -2.13. The zero-order valence-electron chi connectivity index (χ0n) is 12.9.